The Balaban J connectivity index is 2.41. The van der Waals surface area contributed by atoms with Gasteiger partial charge >= 0.3 is 5.97 Å². The number of ether oxygens (including phenoxy) is 2. The first-order valence-electron chi connectivity index (χ1n) is 8.30. The SMILES string of the molecule is CNS(=O)(=O)c1cc(C(=O)O[C@@H](C(=O)N(C)C)c2ccccc2)ccc1OC. The highest BCUT2D eigenvalue weighted by atomic mass is 32.2. The van der Waals surface area contributed by atoms with Gasteiger partial charge in [0.2, 0.25) is 16.1 Å². The van der Waals surface area contributed by atoms with Gasteiger partial charge in [-0.3, -0.25) is 4.79 Å². The number of hydrogen-bond acceptors (Lipinski definition) is 6. The number of sulfonamides is 1. The maximum Gasteiger partial charge on any atom is 0.339 e. The third-order valence-corrected chi connectivity index (χ3v) is 5.39. The molecule has 0 spiro atoms. The van der Waals surface area contributed by atoms with Gasteiger partial charge in [0.25, 0.3) is 5.91 Å². The van der Waals surface area contributed by atoms with Gasteiger partial charge in [-0.15, -0.1) is 0 Å². The fraction of sp³-hybridized carbons (Fsp3) is 0.263. The van der Waals surface area contributed by atoms with Gasteiger partial charge in [0.05, 0.1) is 12.7 Å². The molecule has 28 heavy (non-hydrogen) atoms. The summed E-state index contributed by atoms with van der Waals surface area (Å²) in [5, 5.41) is 0. The van der Waals surface area contributed by atoms with Gasteiger partial charge < -0.3 is 14.4 Å². The fourth-order valence-electron chi connectivity index (χ4n) is 2.42. The Kier molecular flexibility index (Phi) is 6.76. The van der Waals surface area contributed by atoms with E-state index in [1.54, 1.807) is 44.4 Å². The van der Waals surface area contributed by atoms with Gasteiger partial charge in [0.1, 0.15) is 10.6 Å². The summed E-state index contributed by atoms with van der Waals surface area (Å²) in [6.45, 7) is 0. The standard InChI is InChI=1S/C19H22N2O6S/c1-20-28(24,25)16-12-14(10-11-15(16)26-4)19(23)27-17(18(22)21(2)3)13-8-6-5-7-9-13/h5-12,17,20H,1-4H3/t17-/m1/s1. The molecule has 150 valence electrons. The molecule has 8 nitrogen and oxygen atoms in total. The Hall–Kier alpha value is -2.91. The minimum absolute atomic E-state index is 0.0258. The van der Waals surface area contributed by atoms with E-state index in [2.05, 4.69) is 4.72 Å². The van der Waals surface area contributed by atoms with E-state index < -0.39 is 28.0 Å². The maximum absolute atomic E-state index is 12.7. The van der Waals surface area contributed by atoms with E-state index in [1.165, 1.54) is 31.2 Å². The summed E-state index contributed by atoms with van der Waals surface area (Å²) in [7, 11) is 1.81. The van der Waals surface area contributed by atoms with Crippen molar-refractivity contribution in [3.8, 4) is 5.75 Å². The summed E-state index contributed by atoms with van der Waals surface area (Å²) in [6, 6.07) is 12.4. The van der Waals surface area contributed by atoms with Crippen LogP contribution in [0.15, 0.2) is 53.4 Å². The summed E-state index contributed by atoms with van der Waals surface area (Å²) in [5.41, 5.74) is 0.480. The quantitative estimate of drug-likeness (QED) is 0.701. The van der Waals surface area contributed by atoms with Crippen LogP contribution in [0.3, 0.4) is 0 Å². The number of rotatable bonds is 7. The predicted octanol–water partition coefficient (Wildman–Crippen LogP) is 1.59. The molecular weight excluding hydrogens is 384 g/mol. The first-order chi connectivity index (χ1) is 13.2. The van der Waals surface area contributed by atoms with Gasteiger partial charge in [-0.2, -0.15) is 0 Å². The van der Waals surface area contributed by atoms with Crippen molar-refractivity contribution in [2.45, 2.75) is 11.0 Å². The molecule has 0 saturated carbocycles. The molecule has 0 aliphatic rings. The molecule has 2 aromatic carbocycles. The van der Waals surface area contributed by atoms with Crippen LogP contribution in [0.2, 0.25) is 0 Å². The lowest BCUT2D eigenvalue weighted by Crippen LogP contribution is -2.31. The summed E-state index contributed by atoms with van der Waals surface area (Å²) in [4.78, 5) is 26.3. The van der Waals surface area contributed by atoms with Crippen LogP contribution in [0, 0.1) is 0 Å². The second kappa shape index (κ2) is 8.85. The van der Waals surface area contributed by atoms with Crippen LogP contribution >= 0.6 is 0 Å². The lowest BCUT2D eigenvalue weighted by molar-refractivity contribution is -0.138. The topological polar surface area (TPSA) is 102 Å². The molecule has 1 N–H and O–H groups in total. The van der Waals surface area contributed by atoms with Crippen molar-refractivity contribution < 1.29 is 27.5 Å². The number of methoxy groups -OCH3 is 1. The second-order valence-electron chi connectivity index (χ2n) is 6.00. The van der Waals surface area contributed by atoms with Crippen LogP contribution in [0.25, 0.3) is 0 Å². The van der Waals surface area contributed by atoms with Gasteiger partial charge in [0, 0.05) is 19.7 Å². The van der Waals surface area contributed by atoms with Crippen LogP contribution in [0.4, 0.5) is 0 Å². The maximum atomic E-state index is 12.7. The minimum atomic E-state index is -3.87. The molecule has 0 heterocycles. The highest BCUT2D eigenvalue weighted by molar-refractivity contribution is 7.89. The normalized spacial score (nSPS) is 12.1. The molecule has 0 aromatic heterocycles. The Morgan fingerprint density at radius 2 is 1.71 bits per heavy atom. The molecule has 0 bridgehead atoms. The highest BCUT2D eigenvalue weighted by Crippen LogP contribution is 2.27. The monoisotopic (exact) mass is 406 g/mol. The molecule has 0 fully saturated rings. The number of nitrogens with one attached hydrogen (secondary N) is 1. The number of nitrogens with zero attached hydrogens (tertiary/aromatic N) is 1. The number of hydrogen-bond donors (Lipinski definition) is 1. The van der Waals surface area contributed by atoms with Crippen LogP contribution in [-0.2, 0) is 19.6 Å². The zero-order valence-corrected chi connectivity index (χ0v) is 16.8. The average molecular weight is 406 g/mol. The van der Waals surface area contributed by atoms with E-state index >= 15 is 0 Å². The average Bonchev–Trinajstić information content (AvgIpc) is 2.71. The minimum Gasteiger partial charge on any atom is -0.495 e. The molecule has 9 heteroatoms. The number of carbonyl (C=O) groups is 2. The third-order valence-electron chi connectivity index (χ3n) is 3.95. The van der Waals surface area contributed by atoms with Gasteiger partial charge in [-0.05, 0) is 25.2 Å². The van der Waals surface area contributed by atoms with E-state index in [0.717, 1.165) is 6.07 Å². The number of likely N-dealkylation sites (N-methyl/N-ethyl adjacent to an activating group) is 1. The summed E-state index contributed by atoms with van der Waals surface area (Å²) >= 11 is 0. The molecule has 0 unspecified atom stereocenters. The Bertz CT molecular complexity index is 958. The van der Waals surface area contributed by atoms with Crippen molar-refractivity contribution in [1.29, 1.82) is 0 Å². The van der Waals surface area contributed by atoms with E-state index in [0.29, 0.717) is 5.56 Å². The molecule has 1 amide bonds. The number of benzene rings is 2. The lowest BCUT2D eigenvalue weighted by atomic mass is 10.1. The van der Waals surface area contributed by atoms with Gasteiger partial charge in [-0.1, -0.05) is 30.3 Å². The van der Waals surface area contributed by atoms with Gasteiger partial charge in [-0.25, -0.2) is 17.9 Å². The van der Waals surface area contributed by atoms with Crippen molar-refractivity contribution in [1.82, 2.24) is 9.62 Å². The first-order valence-corrected chi connectivity index (χ1v) is 9.78. The van der Waals surface area contributed by atoms with E-state index in [9.17, 15) is 18.0 Å². The van der Waals surface area contributed by atoms with Crippen molar-refractivity contribution in [3.63, 3.8) is 0 Å². The molecule has 2 rings (SSSR count). The predicted molar refractivity (Wildman–Crippen MR) is 103 cm³/mol. The van der Waals surface area contributed by atoms with Crippen molar-refractivity contribution in [3.05, 3.63) is 59.7 Å². The largest absolute Gasteiger partial charge is 0.495 e. The Morgan fingerprint density at radius 3 is 2.25 bits per heavy atom. The zero-order valence-electron chi connectivity index (χ0n) is 16.0. The van der Waals surface area contributed by atoms with E-state index in [-0.39, 0.29) is 16.2 Å². The summed E-state index contributed by atoms with van der Waals surface area (Å²) in [5.74, 6) is -1.18. The molecule has 0 saturated heterocycles. The van der Waals surface area contributed by atoms with Crippen LogP contribution in [-0.4, -0.2) is 53.4 Å². The summed E-state index contributed by atoms with van der Waals surface area (Å²) < 4.78 is 37.1. The number of amides is 1. The lowest BCUT2D eigenvalue weighted by Gasteiger charge is -2.21. The van der Waals surface area contributed by atoms with E-state index in [4.69, 9.17) is 9.47 Å². The Morgan fingerprint density at radius 1 is 1.07 bits per heavy atom. The molecular formula is C19H22N2O6S. The molecule has 2 aromatic rings. The fourth-order valence-corrected chi connectivity index (χ4v) is 3.34. The van der Waals surface area contributed by atoms with Gasteiger partial charge in [0.15, 0.2) is 0 Å². The number of esters is 1. The molecule has 0 aliphatic heterocycles. The Labute approximate surface area is 164 Å². The molecule has 1 atom stereocenters. The smallest absolute Gasteiger partial charge is 0.339 e. The first kappa shape index (κ1) is 21.4. The van der Waals surface area contributed by atoms with Crippen molar-refractivity contribution >= 4 is 21.9 Å². The zero-order chi connectivity index (χ0) is 20.9. The second-order valence-corrected chi connectivity index (χ2v) is 7.86. The van der Waals surface area contributed by atoms with Crippen LogP contribution < -0.4 is 9.46 Å². The molecule has 0 aliphatic carbocycles. The van der Waals surface area contributed by atoms with Crippen LogP contribution in [0.5, 0.6) is 5.75 Å². The van der Waals surface area contributed by atoms with E-state index in [1.807, 2.05) is 0 Å². The highest BCUT2D eigenvalue weighted by Gasteiger charge is 2.28. The summed E-state index contributed by atoms with van der Waals surface area (Å²) in [6.07, 6.45) is -1.16. The number of carbonyl (C=O) groups excluding carboxylic acids is 2. The van der Waals surface area contributed by atoms with Crippen molar-refractivity contribution in [2.24, 2.45) is 0 Å². The van der Waals surface area contributed by atoms with Crippen molar-refractivity contribution in [2.75, 3.05) is 28.3 Å². The van der Waals surface area contributed by atoms with Crippen LogP contribution in [0.1, 0.15) is 22.0 Å². The molecule has 0 radical (unpaired) electrons. The third kappa shape index (κ3) is 4.68.